The standard InChI is InChI=1S/C23H14F2N4/c24-17-9-5-14(6-10-17)21-22(15-7-11-18(25)12-8-15)28-29-23(27-21)20-13-16-3-1-2-4-19(16)26-20/h1-13,26H. The summed E-state index contributed by atoms with van der Waals surface area (Å²) in [6.45, 7) is 0. The zero-order valence-electron chi connectivity index (χ0n) is 15.1. The zero-order valence-corrected chi connectivity index (χ0v) is 15.1. The van der Waals surface area contributed by atoms with Crippen molar-refractivity contribution in [1.82, 2.24) is 20.2 Å². The molecule has 29 heavy (non-hydrogen) atoms. The monoisotopic (exact) mass is 384 g/mol. The SMILES string of the molecule is Fc1ccc(-c2nnc(-c3cc4ccccc4[nH]3)nc2-c2ccc(F)cc2)cc1. The molecule has 0 bridgehead atoms. The molecule has 0 aliphatic carbocycles. The Hall–Kier alpha value is -3.93. The average molecular weight is 384 g/mol. The van der Waals surface area contributed by atoms with Crippen LogP contribution in [0.2, 0.25) is 0 Å². The lowest BCUT2D eigenvalue weighted by atomic mass is 10.0. The van der Waals surface area contributed by atoms with Crippen molar-refractivity contribution in [2.24, 2.45) is 0 Å². The largest absolute Gasteiger partial charge is 0.352 e. The van der Waals surface area contributed by atoms with Gasteiger partial charge in [0.15, 0.2) is 5.82 Å². The number of hydrogen-bond donors (Lipinski definition) is 1. The highest BCUT2D eigenvalue weighted by Gasteiger charge is 2.16. The summed E-state index contributed by atoms with van der Waals surface area (Å²) in [6.07, 6.45) is 0. The smallest absolute Gasteiger partial charge is 0.198 e. The molecule has 0 amide bonds. The molecule has 0 aliphatic heterocycles. The molecule has 3 aromatic carbocycles. The number of aromatic nitrogens is 4. The number of H-pyrrole nitrogens is 1. The van der Waals surface area contributed by atoms with Crippen LogP contribution in [0.4, 0.5) is 8.78 Å². The van der Waals surface area contributed by atoms with Gasteiger partial charge < -0.3 is 4.98 Å². The number of hydrogen-bond acceptors (Lipinski definition) is 3. The quantitative estimate of drug-likeness (QED) is 0.438. The van der Waals surface area contributed by atoms with Gasteiger partial charge in [0.25, 0.3) is 0 Å². The van der Waals surface area contributed by atoms with E-state index in [-0.39, 0.29) is 11.6 Å². The zero-order chi connectivity index (χ0) is 19.8. The first kappa shape index (κ1) is 17.2. The highest BCUT2D eigenvalue weighted by molar-refractivity contribution is 5.85. The van der Waals surface area contributed by atoms with Crippen LogP contribution < -0.4 is 0 Å². The lowest BCUT2D eigenvalue weighted by molar-refractivity contribution is 0.627. The third-order valence-electron chi connectivity index (χ3n) is 4.69. The summed E-state index contributed by atoms with van der Waals surface area (Å²) in [5.41, 5.74) is 4.11. The number of fused-ring (bicyclic) bond motifs is 1. The van der Waals surface area contributed by atoms with Crippen LogP contribution in [0.25, 0.3) is 44.9 Å². The van der Waals surface area contributed by atoms with Gasteiger partial charge in [-0.3, -0.25) is 0 Å². The minimum atomic E-state index is -0.340. The van der Waals surface area contributed by atoms with Crippen molar-refractivity contribution < 1.29 is 8.78 Å². The van der Waals surface area contributed by atoms with Crippen LogP contribution in [0.15, 0.2) is 78.9 Å². The van der Waals surface area contributed by atoms with Crippen LogP contribution in [0.1, 0.15) is 0 Å². The Kier molecular flexibility index (Phi) is 4.09. The highest BCUT2D eigenvalue weighted by Crippen LogP contribution is 2.31. The van der Waals surface area contributed by atoms with E-state index in [2.05, 4.69) is 15.2 Å². The van der Waals surface area contributed by atoms with Crippen LogP contribution in [0, 0.1) is 11.6 Å². The van der Waals surface area contributed by atoms with Crippen molar-refractivity contribution in [2.75, 3.05) is 0 Å². The molecule has 0 saturated carbocycles. The van der Waals surface area contributed by atoms with Crippen LogP contribution in [0.3, 0.4) is 0 Å². The third kappa shape index (κ3) is 3.25. The predicted octanol–water partition coefficient (Wildman–Crippen LogP) is 5.63. The fourth-order valence-electron chi connectivity index (χ4n) is 3.25. The van der Waals surface area contributed by atoms with Crippen LogP contribution in [0.5, 0.6) is 0 Å². The molecule has 5 aromatic rings. The first-order valence-electron chi connectivity index (χ1n) is 9.02. The molecular formula is C23H14F2N4. The van der Waals surface area contributed by atoms with Crippen molar-refractivity contribution in [3.63, 3.8) is 0 Å². The van der Waals surface area contributed by atoms with Gasteiger partial charge in [-0.25, -0.2) is 13.8 Å². The summed E-state index contributed by atoms with van der Waals surface area (Å²) in [4.78, 5) is 8.01. The maximum atomic E-state index is 13.4. The van der Waals surface area contributed by atoms with E-state index in [0.717, 1.165) is 16.6 Å². The van der Waals surface area contributed by atoms with E-state index < -0.39 is 0 Å². The van der Waals surface area contributed by atoms with Crippen molar-refractivity contribution in [2.45, 2.75) is 0 Å². The first-order chi connectivity index (χ1) is 14.2. The number of nitrogens with one attached hydrogen (secondary N) is 1. The molecule has 140 valence electrons. The first-order valence-corrected chi connectivity index (χ1v) is 9.02. The lowest BCUT2D eigenvalue weighted by Crippen LogP contribution is -2.00. The second kappa shape index (κ2) is 6.91. The molecule has 5 rings (SSSR count). The molecule has 0 aliphatic rings. The van der Waals surface area contributed by atoms with Gasteiger partial charge in [0.2, 0.25) is 0 Å². The van der Waals surface area contributed by atoms with Crippen LogP contribution in [-0.2, 0) is 0 Å². The summed E-state index contributed by atoms with van der Waals surface area (Å²) < 4.78 is 26.8. The maximum Gasteiger partial charge on any atom is 0.198 e. The van der Waals surface area contributed by atoms with Gasteiger partial charge >= 0.3 is 0 Å². The molecule has 0 fully saturated rings. The van der Waals surface area contributed by atoms with Gasteiger partial charge in [0.05, 0.1) is 5.69 Å². The minimum absolute atomic E-state index is 0.338. The van der Waals surface area contributed by atoms with Crippen molar-refractivity contribution in [3.8, 4) is 34.0 Å². The number of aromatic amines is 1. The van der Waals surface area contributed by atoms with Crippen molar-refractivity contribution >= 4 is 10.9 Å². The lowest BCUT2D eigenvalue weighted by Gasteiger charge is -2.09. The van der Waals surface area contributed by atoms with Gasteiger partial charge in [0.1, 0.15) is 23.0 Å². The molecule has 1 N–H and O–H groups in total. The topological polar surface area (TPSA) is 54.5 Å². The van der Waals surface area contributed by atoms with Crippen molar-refractivity contribution in [1.29, 1.82) is 0 Å². The molecule has 2 heterocycles. The summed E-state index contributed by atoms with van der Waals surface area (Å²) in [5.74, 6) is -0.256. The second-order valence-electron chi connectivity index (χ2n) is 6.62. The number of rotatable bonds is 3. The minimum Gasteiger partial charge on any atom is -0.352 e. The molecule has 4 nitrogen and oxygen atoms in total. The molecule has 6 heteroatoms. The summed E-state index contributed by atoms with van der Waals surface area (Å²) in [6, 6.07) is 21.8. The Balaban J connectivity index is 1.69. The Labute approximate surface area is 164 Å². The van der Waals surface area contributed by atoms with Gasteiger partial charge in [-0.15, -0.1) is 10.2 Å². The Morgan fingerprint density at radius 3 is 1.93 bits per heavy atom. The van der Waals surface area contributed by atoms with E-state index in [9.17, 15) is 8.78 Å². The molecule has 2 aromatic heterocycles. The van der Waals surface area contributed by atoms with E-state index >= 15 is 0 Å². The number of nitrogens with zero attached hydrogens (tertiary/aromatic N) is 3. The predicted molar refractivity (Wildman–Crippen MR) is 108 cm³/mol. The fraction of sp³-hybridized carbons (Fsp3) is 0. The highest BCUT2D eigenvalue weighted by atomic mass is 19.1. The molecular weight excluding hydrogens is 370 g/mol. The molecule has 0 saturated heterocycles. The van der Waals surface area contributed by atoms with Crippen LogP contribution >= 0.6 is 0 Å². The van der Waals surface area contributed by atoms with E-state index in [1.165, 1.54) is 24.3 Å². The van der Waals surface area contributed by atoms with E-state index in [4.69, 9.17) is 4.98 Å². The van der Waals surface area contributed by atoms with Gasteiger partial charge in [-0.2, -0.15) is 0 Å². The average Bonchev–Trinajstić information content (AvgIpc) is 3.19. The third-order valence-corrected chi connectivity index (χ3v) is 4.69. The Bertz CT molecular complexity index is 1280. The van der Waals surface area contributed by atoms with E-state index in [1.807, 2.05) is 30.3 Å². The molecule has 0 atom stereocenters. The second-order valence-corrected chi connectivity index (χ2v) is 6.62. The number of benzene rings is 3. The maximum absolute atomic E-state index is 13.4. The number of para-hydroxylation sites is 1. The molecule has 0 radical (unpaired) electrons. The van der Waals surface area contributed by atoms with E-state index in [1.54, 1.807) is 24.3 Å². The summed E-state index contributed by atoms with van der Waals surface area (Å²) in [5, 5.41) is 9.70. The van der Waals surface area contributed by atoms with E-state index in [0.29, 0.717) is 28.3 Å². The van der Waals surface area contributed by atoms with Gasteiger partial charge in [-0.1, -0.05) is 18.2 Å². The van der Waals surface area contributed by atoms with Gasteiger partial charge in [0, 0.05) is 22.0 Å². The summed E-state index contributed by atoms with van der Waals surface area (Å²) in [7, 11) is 0. The Morgan fingerprint density at radius 1 is 0.655 bits per heavy atom. The fourth-order valence-corrected chi connectivity index (χ4v) is 3.25. The molecule has 0 unspecified atom stereocenters. The van der Waals surface area contributed by atoms with Crippen molar-refractivity contribution in [3.05, 3.63) is 90.5 Å². The number of halogens is 2. The Morgan fingerprint density at radius 2 is 1.28 bits per heavy atom. The van der Waals surface area contributed by atoms with Gasteiger partial charge in [-0.05, 0) is 60.7 Å². The normalized spacial score (nSPS) is 11.1. The summed E-state index contributed by atoms with van der Waals surface area (Å²) >= 11 is 0. The van der Waals surface area contributed by atoms with Crippen LogP contribution in [-0.4, -0.2) is 20.2 Å². The molecule has 0 spiro atoms.